The van der Waals surface area contributed by atoms with E-state index in [9.17, 15) is 13.2 Å². The van der Waals surface area contributed by atoms with Crippen molar-refractivity contribution < 1.29 is 13.2 Å². The molecule has 0 saturated carbocycles. The van der Waals surface area contributed by atoms with Gasteiger partial charge in [0.2, 0.25) is 0 Å². The Morgan fingerprint density at radius 2 is 1.82 bits per heavy atom. The topological polar surface area (TPSA) is 30.7 Å². The van der Waals surface area contributed by atoms with Crippen LogP contribution < -0.4 is 0 Å². The quantitative estimate of drug-likeness (QED) is 0.798. The molecule has 0 amide bonds. The van der Waals surface area contributed by atoms with Crippen LogP contribution in [0.1, 0.15) is 17.4 Å². The molecule has 0 radical (unpaired) electrons. The first-order valence-electron chi connectivity index (χ1n) is 4.70. The smallest absolute Gasteiger partial charge is 0.154 e. The van der Waals surface area contributed by atoms with Gasteiger partial charge in [-0.1, -0.05) is 21.1 Å². The van der Waals surface area contributed by atoms with E-state index in [0.717, 1.165) is 4.68 Å². The molecule has 0 fully saturated rings. The lowest BCUT2D eigenvalue weighted by molar-refractivity contribution is 0.526. The van der Waals surface area contributed by atoms with Crippen LogP contribution in [0.15, 0.2) is 18.3 Å². The number of rotatable bonds is 2. The normalized spacial score (nSPS) is 12.8. The molecule has 2 aromatic rings. The van der Waals surface area contributed by atoms with Crippen molar-refractivity contribution in [2.45, 2.75) is 11.8 Å². The first-order chi connectivity index (χ1) is 7.99. The molecule has 1 atom stereocenters. The molecule has 1 heterocycles. The Morgan fingerprint density at radius 1 is 1.24 bits per heavy atom. The summed E-state index contributed by atoms with van der Waals surface area (Å²) in [5.41, 5.74) is 0.0754. The summed E-state index contributed by atoms with van der Waals surface area (Å²) in [5, 5.41) is 7.33. The number of alkyl halides is 1. The molecule has 7 heteroatoms. The molecule has 2 rings (SSSR count). The van der Waals surface area contributed by atoms with Gasteiger partial charge in [0, 0.05) is 12.1 Å². The van der Waals surface area contributed by atoms with E-state index in [0.29, 0.717) is 17.8 Å². The van der Waals surface area contributed by atoms with Crippen LogP contribution in [0, 0.1) is 17.5 Å². The van der Waals surface area contributed by atoms with Crippen LogP contribution in [0.2, 0.25) is 0 Å². The van der Waals surface area contributed by atoms with Crippen LogP contribution in [0.25, 0.3) is 5.69 Å². The van der Waals surface area contributed by atoms with Gasteiger partial charge in [-0.3, -0.25) is 0 Å². The van der Waals surface area contributed by atoms with Crippen molar-refractivity contribution in [2.24, 2.45) is 0 Å². The number of hydrogen-bond donors (Lipinski definition) is 0. The van der Waals surface area contributed by atoms with Gasteiger partial charge in [0.1, 0.15) is 11.5 Å². The third kappa shape index (κ3) is 2.33. The lowest BCUT2D eigenvalue weighted by atomic mass is 10.3. The highest BCUT2D eigenvalue weighted by Crippen LogP contribution is 2.22. The summed E-state index contributed by atoms with van der Waals surface area (Å²) in [5.74, 6) is -3.03. The first-order valence-corrected chi connectivity index (χ1v) is 5.62. The van der Waals surface area contributed by atoms with Crippen molar-refractivity contribution in [1.82, 2.24) is 15.0 Å². The lowest BCUT2D eigenvalue weighted by Gasteiger charge is -2.03. The number of nitrogens with zero attached hydrogens (tertiary/aromatic N) is 3. The second kappa shape index (κ2) is 4.48. The van der Waals surface area contributed by atoms with E-state index in [1.165, 1.54) is 6.20 Å². The van der Waals surface area contributed by atoms with E-state index >= 15 is 0 Å². The Bertz CT molecular complexity index is 530. The maximum atomic E-state index is 13.4. The summed E-state index contributed by atoms with van der Waals surface area (Å²) < 4.78 is 40.5. The standard InChI is InChI=1S/C10H7BrF3N3/c1-5(11)9-4-17(16-15-9)10-7(13)2-6(12)3-8(10)14/h2-5H,1H3. The third-order valence-electron chi connectivity index (χ3n) is 2.13. The molecule has 0 saturated heterocycles. The van der Waals surface area contributed by atoms with Gasteiger partial charge in [-0.25, -0.2) is 17.9 Å². The summed E-state index contributed by atoms with van der Waals surface area (Å²) in [6, 6.07) is 1.19. The van der Waals surface area contributed by atoms with Crippen molar-refractivity contribution in [1.29, 1.82) is 0 Å². The predicted molar refractivity (Wildman–Crippen MR) is 58.6 cm³/mol. The van der Waals surface area contributed by atoms with Gasteiger partial charge in [-0.05, 0) is 6.92 Å². The van der Waals surface area contributed by atoms with Crippen LogP contribution in [-0.4, -0.2) is 15.0 Å². The second-order valence-corrected chi connectivity index (χ2v) is 4.80. The molecule has 3 nitrogen and oxygen atoms in total. The Morgan fingerprint density at radius 3 is 2.29 bits per heavy atom. The van der Waals surface area contributed by atoms with Gasteiger partial charge < -0.3 is 0 Å². The zero-order chi connectivity index (χ0) is 12.6. The van der Waals surface area contributed by atoms with E-state index in [4.69, 9.17) is 0 Å². The fourth-order valence-corrected chi connectivity index (χ4v) is 1.53. The van der Waals surface area contributed by atoms with E-state index in [1.807, 2.05) is 0 Å². The third-order valence-corrected chi connectivity index (χ3v) is 2.60. The minimum atomic E-state index is -1.03. The van der Waals surface area contributed by atoms with Crippen LogP contribution >= 0.6 is 15.9 Å². The van der Waals surface area contributed by atoms with Crippen LogP contribution in [0.5, 0.6) is 0 Å². The van der Waals surface area contributed by atoms with Gasteiger partial charge in [0.15, 0.2) is 11.6 Å². The summed E-state index contributed by atoms with van der Waals surface area (Å²) in [7, 11) is 0. The molecular weight excluding hydrogens is 299 g/mol. The molecule has 0 aliphatic carbocycles. The van der Waals surface area contributed by atoms with Gasteiger partial charge in [0.25, 0.3) is 0 Å². The maximum absolute atomic E-state index is 13.4. The number of halogens is 4. The maximum Gasteiger partial charge on any atom is 0.154 e. The Hall–Kier alpha value is -1.37. The van der Waals surface area contributed by atoms with E-state index in [1.54, 1.807) is 6.92 Å². The summed E-state index contributed by atoms with van der Waals surface area (Å²) in [6.45, 7) is 1.80. The number of hydrogen-bond acceptors (Lipinski definition) is 2. The minimum Gasteiger partial charge on any atom is -0.214 e. The lowest BCUT2D eigenvalue weighted by Crippen LogP contribution is -2.03. The molecule has 0 bridgehead atoms. The fourth-order valence-electron chi connectivity index (χ4n) is 1.32. The predicted octanol–water partition coefficient (Wildman–Crippen LogP) is 3.14. The Labute approximate surface area is 103 Å². The molecule has 0 aliphatic rings. The molecule has 0 aliphatic heterocycles. The Kier molecular flexibility index (Phi) is 3.19. The molecule has 1 aromatic heterocycles. The highest BCUT2D eigenvalue weighted by atomic mass is 79.9. The highest BCUT2D eigenvalue weighted by molar-refractivity contribution is 9.09. The van der Waals surface area contributed by atoms with Crippen molar-refractivity contribution in [3.8, 4) is 5.69 Å². The fraction of sp³-hybridized carbons (Fsp3) is 0.200. The van der Waals surface area contributed by atoms with Crippen LogP contribution in [0.3, 0.4) is 0 Å². The average Bonchev–Trinajstić information content (AvgIpc) is 2.65. The minimum absolute atomic E-state index is 0.0946. The zero-order valence-corrected chi connectivity index (χ0v) is 10.2. The summed E-state index contributed by atoms with van der Waals surface area (Å²) in [6.07, 6.45) is 1.37. The van der Waals surface area contributed by atoms with E-state index in [-0.39, 0.29) is 4.83 Å². The number of benzene rings is 1. The van der Waals surface area contributed by atoms with E-state index in [2.05, 4.69) is 26.2 Å². The van der Waals surface area contributed by atoms with Crippen molar-refractivity contribution in [3.05, 3.63) is 41.5 Å². The van der Waals surface area contributed by atoms with Crippen molar-refractivity contribution in [2.75, 3.05) is 0 Å². The van der Waals surface area contributed by atoms with E-state index < -0.39 is 23.1 Å². The Balaban J connectivity index is 2.52. The van der Waals surface area contributed by atoms with Gasteiger partial charge in [-0.2, -0.15) is 0 Å². The van der Waals surface area contributed by atoms with Crippen molar-refractivity contribution in [3.63, 3.8) is 0 Å². The average molecular weight is 306 g/mol. The molecule has 0 spiro atoms. The molecular formula is C10H7BrF3N3. The highest BCUT2D eigenvalue weighted by Gasteiger charge is 2.16. The molecule has 90 valence electrons. The van der Waals surface area contributed by atoms with Crippen molar-refractivity contribution >= 4 is 15.9 Å². The first kappa shape index (κ1) is 12.1. The SMILES string of the molecule is CC(Br)c1cn(-c2c(F)cc(F)cc2F)nn1. The summed E-state index contributed by atoms with van der Waals surface area (Å²) >= 11 is 3.25. The van der Waals surface area contributed by atoms with Crippen LogP contribution in [-0.2, 0) is 0 Å². The van der Waals surface area contributed by atoms with Gasteiger partial charge in [-0.15, -0.1) is 5.10 Å². The van der Waals surface area contributed by atoms with Crippen LogP contribution in [0.4, 0.5) is 13.2 Å². The van der Waals surface area contributed by atoms with Gasteiger partial charge >= 0.3 is 0 Å². The molecule has 1 aromatic carbocycles. The second-order valence-electron chi connectivity index (χ2n) is 3.42. The largest absolute Gasteiger partial charge is 0.214 e. The zero-order valence-electron chi connectivity index (χ0n) is 8.66. The molecule has 0 N–H and O–H groups in total. The summed E-state index contributed by atoms with van der Waals surface area (Å²) in [4.78, 5) is -0.0946. The molecule has 1 unspecified atom stereocenters. The number of aromatic nitrogens is 3. The van der Waals surface area contributed by atoms with Gasteiger partial charge in [0.05, 0.1) is 16.7 Å². The monoisotopic (exact) mass is 305 g/mol. The molecule has 17 heavy (non-hydrogen) atoms.